The van der Waals surface area contributed by atoms with Crippen molar-refractivity contribution in [3.8, 4) is 6.07 Å². The Labute approximate surface area is 114 Å². The van der Waals surface area contributed by atoms with Crippen molar-refractivity contribution in [2.24, 2.45) is 11.3 Å². The zero-order valence-electron chi connectivity index (χ0n) is 11.7. The van der Waals surface area contributed by atoms with Crippen LogP contribution in [0.25, 0.3) is 0 Å². The molecule has 1 saturated heterocycles. The molecular weight excluding hydrogens is 244 g/mol. The van der Waals surface area contributed by atoms with Gasteiger partial charge >= 0.3 is 0 Å². The Hall–Kier alpha value is -1.12. The Morgan fingerprint density at radius 3 is 2.53 bits per heavy atom. The van der Waals surface area contributed by atoms with Crippen LogP contribution in [0.2, 0.25) is 0 Å². The standard InChI is InChI=1S/C14H22N2O3/c1-11-7-13(8-11,9-15)12(17)16(2)10-14(18)3-5-19-6-4-14/h11,18H,3-8,10H2,1-2H3. The number of amides is 1. The molecular formula is C14H22N2O3. The lowest BCUT2D eigenvalue weighted by atomic mass is 9.62. The van der Waals surface area contributed by atoms with Crippen LogP contribution in [0.3, 0.4) is 0 Å². The molecule has 0 unspecified atom stereocenters. The zero-order valence-corrected chi connectivity index (χ0v) is 11.7. The normalized spacial score (nSPS) is 33.1. The van der Waals surface area contributed by atoms with Crippen LogP contribution >= 0.6 is 0 Å². The summed E-state index contributed by atoms with van der Waals surface area (Å²) in [5.41, 5.74) is -1.72. The highest BCUT2D eigenvalue weighted by atomic mass is 16.5. The highest BCUT2D eigenvalue weighted by Crippen LogP contribution is 2.46. The molecule has 19 heavy (non-hydrogen) atoms. The second-order valence-corrected chi connectivity index (χ2v) is 6.21. The maximum atomic E-state index is 12.4. The molecule has 5 nitrogen and oxygen atoms in total. The molecule has 1 amide bonds. The lowest BCUT2D eigenvalue weighted by molar-refractivity contribution is -0.150. The molecule has 2 fully saturated rings. The van der Waals surface area contributed by atoms with Crippen LogP contribution in [0.5, 0.6) is 0 Å². The fourth-order valence-corrected chi connectivity index (χ4v) is 3.23. The molecule has 1 aliphatic heterocycles. The zero-order chi connectivity index (χ0) is 14.1. The van der Waals surface area contributed by atoms with Crippen LogP contribution in [0.1, 0.15) is 32.6 Å². The number of ether oxygens (including phenoxy) is 1. The van der Waals surface area contributed by atoms with Gasteiger partial charge in [0.05, 0.1) is 11.7 Å². The van der Waals surface area contributed by atoms with E-state index >= 15 is 0 Å². The van der Waals surface area contributed by atoms with Crippen molar-refractivity contribution in [1.29, 1.82) is 5.26 Å². The van der Waals surface area contributed by atoms with Gasteiger partial charge in [0.15, 0.2) is 0 Å². The van der Waals surface area contributed by atoms with E-state index in [1.807, 2.05) is 0 Å². The molecule has 2 aliphatic rings. The van der Waals surface area contributed by atoms with E-state index in [1.54, 1.807) is 7.05 Å². The molecule has 0 aromatic carbocycles. The third-order valence-corrected chi connectivity index (χ3v) is 4.32. The summed E-state index contributed by atoms with van der Waals surface area (Å²) in [7, 11) is 1.68. The molecule has 1 heterocycles. The van der Waals surface area contributed by atoms with Gasteiger partial charge in [-0.1, -0.05) is 6.92 Å². The van der Waals surface area contributed by atoms with Gasteiger partial charge in [-0.25, -0.2) is 0 Å². The number of carbonyl (C=O) groups is 1. The number of likely N-dealkylation sites (N-methyl/N-ethyl adjacent to an activating group) is 1. The maximum absolute atomic E-state index is 12.4. The molecule has 2 rings (SSSR count). The Bertz CT molecular complexity index is 390. The van der Waals surface area contributed by atoms with Gasteiger partial charge in [-0.15, -0.1) is 0 Å². The lowest BCUT2D eigenvalue weighted by Gasteiger charge is -2.43. The van der Waals surface area contributed by atoms with Gasteiger partial charge in [-0.05, 0) is 18.8 Å². The first kappa shape index (κ1) is 14.3. The Morgan fingerprint density at radius 2 is 2.05 bits per heavy atom. The molecule has 5 heteroatoms. The summed E-state index contributed by atoms with van der Waals surface area (Å²) < 4.78 is 5.23. The van der Waals surface area contributed by atoms with Crippen LogP contribution in [0.15, 0.2) is 0 Å². The van der Waals surface area contributed by atoms with Crippen LogP contribution in [0.4, 0.5) is 0 Å². The van der Waals surface area contributed by atoms with Gasteiger partial charge in [0, 0.05) is 39.6 Å². The van der Waals surface area contributed by atoms with Gasteiger partial charge in [0.2, 0.25) is 5.91 Å². The molecule has 1 N–H and O–H groups in total. The van der Waals surface area contributed by atoms with E-state index < -0.39 is 11.0 Å². The van der Waals surface area contributed by atoms with Crippen LogP contribution in [-0.2, 0) is 9.53 Å². The molecule has 1 aliphatic carbocycles. The summed E-state index contributed by atoms with van der Waals surface area (Å²) in [6, 6.07) is 2.18. The van der Waals surface area contributed by atoms with Crippen molar-refractivity contribution >= 4 is 5.91 Å². The number of nitriles is 1. The molecule has 0 aromatic rings. The Morgan fingerprint density at radius 1 is 1.47 bits per heavy atom. The molecule has 106 valence electrons. The Kier molecular flexibility index (Phi) is 3.84. The minimum absolute atomic E-state index is 0.145. The first-order valence-corrected chi connectivity index (χ1v) is 6.88. The summed E-state index contributed by atoms with van der Waals surface area (Å²) in [5, 5.41) is 19.7. The number of hydrogen-bond donors (Lipinski definition) is 1. The monoisotopic (exact) mass is 266 g/mol. The minimum atomic E-state index is -0.866. The molecule has 0 bridgehead atoms. The number of aliphatic hydroxyl groups is 1. The number of carbonyl (C=O) groups excluding carboxylic acids is 1. The van der Waals surface area contributed by atoms with Crippen molar-refractivity contribution < 1.29 is 14.6 Å². The van der Waals surface area contributed by atoms with E-state index in [-0.39, 0.29) is 12.5 Å². The van der Waals surface area contributed by atoms with E-state index in [9.17, 15) is 15.2 Å². The van der Waals surface area contributed by atoms with Crippen molar-refractivity contribution in [3.05, 3.63) is 0 Å². The summed E-state index contributed by atoms with van der Waals surface area (Å²) in [6.07, 6.45) is 2.35. The van der Waals surface area contributed by atoms with Crippen molar-refractivity contribution in [2.75, 3.05) is 26.8 Å². The van der Waals surface area contributed by atoms with Gasteiger partial charge in [0.25, 0.3) is 0 Å². The summed E-state index contributed by atoms with van der Waals surface area (Å²) in [4.78, 5) is 13.9. The average molecular weight is 266 g/mol. The lowest BCUT2D eigenvalue weighted by Crippen LogP contribution is -2.54. The van der Waals surface area contributed by atoms with Crippen molar-refractivity contribution in [3.63, 3.8) is 0 Å². The number of hydrogen-bond acceptors (Lipinski definition) is 4. The molecule has 0 atom stereocenters. The second kappa shape index (κ2) is 5.10. The largest absolute Gasteiger partial charge is 0.388 e. The molecule has 1 saturated carbocycles. The van der Waals surface area contributed by atoms with Gasteiger partial charge in [-0.3, -0.25) is 4.79 Å². The van der Waals surface area contributed by atoms with Crippen LogP contribution in [-0.4, -0.2) is 48.3 Å². The van der Waals surface area contributed by atoms with E-state index in [2.05, 4.69) is 13.0 Å². The van der Waals surface area contributed by atoms with Crippen molar-refractivity contribution in [1.82, 2.24) is 4.90 Å². The first-order chi connectivity index (χ1) is 8.91. The van der Waals surface area contributed by atoms with E-state index in [1.165, 1.54) is 4.90 Å². The van der Waals surface area contributed by atoms with Gasteiger partial charge < -0.3 is 14.7 Å². The highest BCUT2D eigenvalue weighted by molar-refractivity contribution is 5.86. The average Bonchev–Trinajstić information content (AvgIpc) is 2.34. The minimum Gasteiger partial charge on any atom is -0.388 e. The third kappa shape index (κ3) is 2.75. The smallest absolute Gasteiger partial charge is 0.242 e. The number of rotatable bonds is 3. The van der Waals surface area contributed by atoms with E-state index in [0.717, 1.165) is 0 Å². The van der Waals surface area contributed by atoms with E-state index in [0.29, 0.717) is 44.8 Å². The van der Waals surface area contributed by atoms with E-state index in [4.69, 9.17) is 4.74 Å². The fraction of sp³-hybridized carbons (Fsp3) is 0.857. The molecule has 0 radical (unpaired) electrons. The quantitative estimate of drug-likeness (QED) is 0.824. The van der Waals surface area contributed by atoms with Gasteiger partial charge in [0.1, 0.15) is 5.41 Å². The summed E-state index contributed by atoms with van der Waals surface area (Å²) in [5.74, 6) is 0.288. The predicted octanol–water partition coefficient (Wildman–Crippen LogP) is 0.926. The molecule has 0 aromatic heterocycles. The van der Waals surface area contributed by atoms with Crippen molar-refractivity contribution in [2.45, 2.75) is 38.2 Å². The Balaban J connectivity index is 1.98. The summed E-state index contributed by atoms with van der Waals surface area (Å²) >= 11 is 0. The topological polar surface area (TPSA) is 73.6 Å². The van der Waals surface area contributed by atoms with Crippen LogP contribution in [0, 0.1) is 22.7 Å². The third-order valence-electron chi connectivity index (χ3n) is 4.32. The fourth-order valence-electron chi connectivity index (χ4n) is 3.23. The SMILES string of the molecule is CC1CC(C#N)(C(=O)N(C)CC2(O)CCOCC2)C1. The number of nitrogens with zero attached hydrogens (tertiary/aromatic N) is 2. The first-order valence-electron chi connectivity index (χ1n) is 6.88. The molecule has 0 spiro atoms. The predicted molar refractivity (Wildman–Crippen MR) is 69.1 cm³/mol. The summed E-state index contributed by atoms with van der Waals surface area (Å²) in [6.45, 7) is 3.39. The van der Waals surface area contributed by atoms with Crippen LogP contribution < -0.4 is 0 Å². The highest BCUT2D eigenvalue weighted by Gasteiger charge is 2.50. The van der Waals surface area contributed by atoms with Gasteiger partial charge in [-0.2, -0.15) is 5.26 Å². The maximum Gasteiger partial charge on any atom is 0.242 e. The second-order valence-electron chi connectivity index (χ2n) is 6.21.